The molecule has 2 aromatic carbocycles. The van der Waals surface area contributed by atoms with Gasteiger partial charge in [-0.05, 0) is 36.4 Å². The second kappa shape index (κ2) is 7.17. The number of phenols is 1. The molecule has 2 N–H and O–H groups in total. The van der Waals surface area contributed by atoms with E-state index in [9.17, 15) is 9.90 Å². The highest BCUT2D eigenvalue weighted by Crippen LogP contribution is 2.25. The lowest BCUT2D eigenvalue weighted by Gasteiger charge is -2.12. The topological polar surface area (TPSA) is 67.8 Å². The van der Waals surface area contributed by atoms with Crippen molar-refractivity contribution in [1.82, 2.24) is 5.32 Å². The smallest absolute Gasteiger partial charge is 0.255 e. The number of nitrogens with one attached hydrogen (secondary N) is 1. The van der Waals surface area contributed by atoms with Crippen molar-refractivity contribution in [3.63, 3.8) is 0 Å². The molecule has 0 bridgehead atoms. The van der Waals surface area contributed by atoms with Crippen LogP contribution >= 0.6 is 15.9 Å². The van der Waals surface area contributed by atoms with Crippen LogP contribution in [0.15, 0.2) is 40.9 Å². The molecule has 0 aromatic heterocycles. The summed E-state index contributed by atoms with van der Waals surface area (Å²) in [5.74, 6) is 0.886. The van der Waals surface area contributed by atoms with Crippen molar-refractivity contribution in [2.45, 2.75) is 6.54 Å². The molecule has 0 heterocycles. The number of aromatic hydroxyl groups is 1. The lowest BCUT2D eigenvalue weighted by Crippen LogP contribution is -2.23. The molecule has 2 rings (SSSR count). The third kappa shape index (κ3) is 3.71. The molecule has 0 spiro atoms. The van der Waals surface area contributed by atoms with E-state index in [1.165, 1.54) is 6.07 Å². The van der Waals surface area contributed by atoms with Crippen LogP contribution in [0.25, 0.3) is 0 Å². The predicted molar refractivity (Wildman–Crippen MR) is 86.5 cm³/mol. The van der Waals surface area contributed by atoms with E-state index < -0.39 is 0 Å². The normalized spacial score (nSPS) is 10.1. The maximum absolute atomic E-state index is 12.2. The van der Waals surface area contributed by atoms with Gasteiger partial charge in [-0.2, -0.15) is 0 Å². The molecule has 0 atom stereocenters. The van der Waals surface area contributed by atoms with E-state index in [0.717, 1.165) is 10.0 Å². The number of ether oxygens (including phenoxy) is 2. The maximum atomic E-state index is 12.2. The lowest BCUT2D eigenvalue weighted by atomic mass is 10.1. The van der Waals surface area contributed by atoms with Gasteiger partial charge in [0.2, 0.25) is 0 Å². The third-order valence-electron chi connectivity index (χ3n) is 3.13. The first-order valence-electron chi connectivity index (χ1n) is 6.52. The van der Waals surface area contributed by atoms with E-state index in [4.69, 9.17) is 9.47 Å². The van der Waals surface area contributed by atoms with E-state index in [1.807, 2.05) is 0 Å². The zero-order chi connectivity index (χ0) is 16.1. The van der Waals surface area contributed by atoms with Crippen molar-refractivity contribution in [2.75, 3.05) is 14.2 Å². The molecule has 6 heteroatoms. The molecule has 0 fully saturated rings. The molecular formula is C16H16BrNO4. The van der Waals surface area contributed by atoms with Crippen LogP contribution in [-0.4, -0.2) is 25.2 Å². The standard InChI is InChI=1S/C16H16BrNO4/c1-21-12-4-6-15(22-2)10(7-12)9-18-16(20)13-8-11(17)3-5-14(13)19/h3-8,19H,9H2,1-2H3,(H,18,20). The van der Waals surface area contributed by atoms with E-state index in [2.05, 4.69) is 21.2 Å². The van der Waals surface area contributed by atoms with Gasteiger partial charge in [-0.3, -0.25) is 4.79 Å². The Morgan fingerprint density at radius 2 is 1.95 bits per heavy atom. The lowest BCUT2D eigenvalue weighted by molar-refractivity contribution is 0.0948. The summed E-state index contributed by atoms with van der Waals surface area (Å²) < 4.78 is 11.1. The summed E-state index contributed by atoms with van der Waals surface area (Å²) in [6.45, 7) is 0.255. The molecule has 0 aliphatic heterocycles. The van der Waals surface area contributed by atoms with Crippen molar-refractivity contribution in [3.05, 3.63) is 52.0 Å². The van der Waals surface area contributed by atoms with Gasteiger partial charge in [0.25, 0.3) is 5.91 Å². The van der Waals surface area contributed by atoms with Crippen LogP contribution in [0, 0.1) is 0 Å². The van der Waals surface area contributed by atoms with Crippen molar-refractivity contribution < 1.29 is 19.4 Å². The molecule has 2 aromatic rings. The van der Waals surface area contributed by atoms with Crippen LogP contribution in [0.3, 0.4) is 0 Å². The highest BCUT2D eigenvalue weighted by molar-refractivity contribution is 9.10. The Labute approximate surface area is 137 Å². The molecule has 116 valence electrons. The monoisotopic (exact) mass is 365 g/mol. The van der Waals surface area contributed by atoms with Crippen molar-refractivity contribution in [3.8, 4) is 17.2 Å². The summed E-state index contributed by atoms with van der Waals surface area (Å²) in [5.41, 5.74) is 0.987. The van der Waals surface area contributed by atoms with Crippen LogP contribution < -0.4 is 14.8 Å². The molecule has 0 radical (unpaired) electrons. The predicted octanol–water partition coefficient (Wildman–Crippen LogP) is 3.10. The van der Waals surface area contributed by atoms with Gasteiger partial charge in [-0.25, -0.2) is 0 Å². The van der Waals surface area contributed by atoms with Gasteiger partial charge in [0.1, 0.15) is 17.2 Å². The summed E-state index contributed by atoms with van der Waals surface area (Å²) in [4.78, 5) is 12.2. The summed E-state index contributed by atoms with van der Waals surface area (Å²) in [7, 11) is 3.14. The average molecular weight is 366 g/mol. The summed E-state index contributed by atoms with van der Waals surface area (Å²) >= 11 is 3.27. The van der Waals surface area contributed by atoms with Crippen molar-refractivity contribution >= 4 is 21.8 Å². The minimum atomic E-state index is -0.372. The highest BCUT2D eigenvalue weighted by atomic mass is 79.9. The third-order valence-corrected chi connectivity index (χ3v) is 3.62. The fourth-order valence-electron chi connectivity index (χ4n) is 1.98. The maximum Gasteiger partial charge on any atom is 0.255 e. The Morgan fingerprint density at radius 1 is 1.18 bits per heavy atom. The first kappa shape index (κ1) is 16.2. The van der Waals surface area contributed by atoms with Crippen LogP contribution in [0.2, 0.25) is 0 Å². The van der Waals surface area contributed by atoms with Gasteiger partial charge in [-0.1, -0.05) is 15.9 Å². The molecule has 0 saturated carbocycles. The molecule has 0 saturated heterocycles. The number of methoxy groups -OCH3 is 2. The Balaban J connectivity index is 2.15. The minimum absolute atomic E-state index is 0.0710. The number of hydrogen-bond donors (Lipinski definition) is 2. The van der Waals surface area contributed by atoms with Crippen molar-refractivity contribution in [1.29, 1.82) is 0 Å². The molecule has 22 heavy (non-hydrogen) atoms. The zero-order valence-corrected chi connectivity index (χ0v) is 13.8. The van der Waals surface area contributed by atoms with Gasteiger partial charge in [0, 0.05) is 16.6 Å². The highest BCUT2D eigenvalue weighted by Gasteiger charge is 2.13. The number of carbonyl (C=O) groups excluding carboxylic acids is 1. The Morgan fingerprint density at radius 3 is 2.64 bits per heavy atom. The molecule has 1 amide bonds. The number of amides is 1. The van der Waals surface area contributed by atoms with Gasteiger partial charge in [-0.15, -0.1) is 0 Å². The summed E-state index contributed by atoms with van der Waals surface area (Å²) in [6, 6.07) is 10.0. The second-order valence-electron chi connectivity index (χ2n) is 4.52. The fourth-order valence-corrected chi connectivity index (χ4v) is 2.34. The second-order valence-corrected chi connectivity index (χ2v) is 5.44. The molecule has 0 aliphatic carbocycles. The molecule has 0 unspecified atom stereocenters. The number of phenolic OH excluding ortho intramolecular Hbond substituents is 1. The van der Waals surface area contributed by atoms with Crippen LogP contribution in [0.1, 0.15) is 15.9 Å². The quantitative estimate of drug-likeness (QED) is 0.854. The number of rotatable bonds is 5. The molecule has 0 aliphatic rings. The number of carbonyl (C=O) groups is 1. The first-order chi connectivity index (χ1) is 10.5. The number of hydrogen-bond acceptors (Lipinski definition) is 4. The van der Waals surface area contributed by atoms with Gasteiger partial charge < -0.3 is 19.9 Å². The van der Waals surface area contributed by atoms with Crippen LogP contribution in [0.4, 0.5) is 0 Å². The van der Waals surface area contributed by atoms with Gasteiger partial charge >= 0.3 is 0 Å². The van der Waals surface area contributed by atoms with E-state index in [0.29, 0.717) is 11.5 Å². The number of halogens is 1. The van der Waals surface area contributed by atoms with E-state index >= 15 is 0 Å². The molecule has 5 nitrogen and oxygen atoms in total. The Hall–Kier alpha value is -2.21. The summed E-state index contributed by atoms with van der Waals surface area (Å²) in [5, 5.41) is 12.5. The molecular weight excluding hydrogens is 350 g/mol. The first-order valence-corrected chi connectivity index (χ1v) is 7.32. The van der Waals surface area contributed by atoms with Crippen LogP contribution in [-0.2, 0) is 6.54 Å². The van der Waals surface area contributed by atoms with E-state index in [1.54, 1.807) is 44.6 Å². The minimum Gasteiger partial charge on any atom is -0.507 e. The average Bonchev–Trinajstić information content (AvgIpc) is 2.54. The van der Waals surface area contributed by atoms with E-state index in [-0.39, 0.29) is 23.8 Å². The number of benzene rings is 2. The van der Waals surface area contributed by atoms with Crippen LogP contribution in [0.5, 0.6) is 17.2 Å². The zero-order valence-electron chi connectivity index (χ0n) is 12.2. The van der Waals surface area contributed by atoms with Crippen molar-refractivity contribution in [2.24, 2.45) is 0 Å². The Kier molecular flexibility index (Phi) is 5.27. The fraction of sp³-hybridized carbons (Fsp3) is 0.188. The SMILES string of the molecule is COc1ccc(OC)c(CNC(=O)c2cc(Br)ccc2O)c1. The van der Waals surface area contributed by atoms with Gasteiger partial charge in [0.05, 0.1) is 19.8 Å². The van der Waals surface area contributed by atoms with Gasteiger partial charge in [0.15, 0.2) is 0 Å². The summed E-state index contributed by atoms with van der Waals surface area (Å²) in [6.07, 6.45) is 0. The Bertz CT molecular complexity index is 688. The largest absolute Gasteiger partial charge is 0.507 e.